The number of rotatable bonds is 2. The fourth-order valence-electron chi connectivity index (χ4n) is 1.45. The van der Waals surface area contributed by atoms with Crippen LogP contribution in [0.5, 0.6) is 0 Å². The van der Waals surface area contributed by atoms with Gasteiger partial charge in [-0.15, -0.1) is 11.8 Å². The zero-order valence-electron chi connectivity index (χ0n) is 9.25. The number of hydrogen-bond acceptors (Lipinski definition) is 4. The average molecular weight is 321 g/mol. The van der Waals surface area contributed by atoms with Crippen LogP contribution in [0.4, 0.5) is 5.82 Å². The quantitative estimate of drug-likeness (QED) is 0.658. The predicted molar refractivity (Wildman–Crippen MR) is 78.7 cm³/mol. The van der Waals surface area contributed by atoms with Crippen molar-refractivity contribution in [2.24, 2.45) is 0 Å². The minimum Gasteiger partial charge on any atom is -0.383 e. The van der Waals surface area contributed by atoms with E-state index in [0.29, 0.717) is 37.3 Å². The lowest BCUT2D eigenvalue weighted by Gasteiger charge is -2.09. The maximum atomic E-state index is 6.09. The molecule has 0 aliphatic heterocycles. The van der Waals surface area contributed by atoms with Crippen LogP contribution in [-0.4, -0.2) is 16.2 Å². The third kappa shape index (κ3) is 2.52. The molecule has 1 heterocycles. The summed E-state index contributed by atoms with van der Waals surface area (Å²) in [6.07, 6.45) is 1.85. The van der Waals surface area contributed by atoms with Crippen molar-refractivity contribution >= 4 is 52.4 Å². The summed E-state index contributed by atoms with van der Waals surface area (Å²) in [6, 6.07) is 5.16. The third-order valence-corrected chi connectivity index (χ3v) is 4.07. The Morgan fingerprint density at radius 2 is 1.72 bits per heavy atom. The van der Waals surface area contributed by atoms with Crippen molar-refractivity contribution in [2.45, 2.75) is 4.90 Å². The molecule has 0 amide bonds. The molecule has 2 rings (SSSR count). The molecule has 0 fully saturated rings. The van der Waals surface area contributed by atoms with E-state index in [1.165, 1.54) is 11.8 Å². The van der Waals surface area contributed by atoms with Crippen LogP contribution in [0, 0.1) is 0 Å². The van der Waals surface area contributed by atoms with Gasteiger partial charge in [0.1, 0.15) is 11.0 Å². The lowest BCUT2D eigenvalue weighted by Crippen LogP contribution is -2.00. The molecule has 0 saturated carbocycles. The first-order valence-corrected chi connectivity index (χ1v) is 7.22. The van der Waals surface area contributed by atoms with Crippen molar-refractivity contribution in [1.82, 2.24) is 9.97 Å². The van der Waals surface area contributed by atoms with Crippen LogP contribution in [0.15, 0.2) is 23.1 Å². The number of anilines is 1. The number of benzene rings is 1. The monoisotopic (exact) mass is 319 g/mol. The van der Waals surface area contributed by atoms with E-state index in [2.05, 4.69) is 9.97 Å². The molecule has 0 aliphatic rings. The van der Waals surface area contributed by atoms with Gasteiger partial charge < -0.3 is 5.73 Å². The SMILES string of the molecule is CSc1c(N)nc(-c2c(Cl)cccc2Cl)nc1Cl. The first-order valence-electron chi connectivity index (χ1n) is 4.86. The van der Waals surface area contributed by atoms with Gasteiger partial charge in [0.25, 0.3) is 0 Å². The zero-order valence-corrected chi connectivity index (χ0v) is 12.3. The fourth-order valence-corrected chi connectivity index (χ4v) is 2.89. The van der Waals surface area contributed by atoms with Gasteiger partial charge in [-0.2, -0.15) is 0 Å². The molecular formula is C11H8Cl3N3S. The highest BCUT2D eigenvalue weighted by Gasteiger charge is 2.15. The van der Waals surface area contributed by atoms with E-state index >= 15 is 0 Å². The minimum absolute atomic E-state index is 0.293. The lowest BCUT2D eigenvalue weighted by atomic mass is 10.2. The van der Waals surface area contributed by atoms with E-state index < -0.39 is 0 Å². The number of hydrogen-bond donors (Lipinski definition) is 1. The molecule has 3 nitrogen and oxygen atoms in total. The van der Waals surface area contributed by atoms with Gasteiger partial charge in [0, 0.05) is 0 Å². The first-order chi connectivity index (χ1) is 8.54. The van der Waals surface area contributed by atoms with E-state index in [9.17, 15) is 0 Å². The van der Waals surface area contributed by atoms with Crippen LogP contribution < -0.4 is 5.73 Å². The van der Waals surface area contributed by atoms with Crippen LogP contribution in [0.25, 0.3) is 11.4 Å². The molecule has 0 spiro atoms. The van der Waals surface area contributed by atoms with Crippen molar-refractivity contribution in [3.63, 3.8) is 0 Å². The van der Waals surface area contributed by atoms with Crippen molar-refractivity contribution in [1.29, 1.82) is 0 Å². The normalized spacial score (nSPS) is 10.7. The van der Waals surface area contributed by atoms with E-state index in [1.807, 2.05) is 6.26 Å². The Bertz CT molecular complexity index is 561. The van der Waals surface area contributed by atoms with Gasteiger partial charge in [0.15, 0.2) is 5.82 Å². The fraction of sp³-hybridized carbons (Fsp3) is 0.0909. The molecule has 94 valence electrons. The van der Waals surface area contributed by atoms with Gasteiger partial charge in [-0.25, -0.2) is 9.97 Å². The van der Waals surface area contributed by atoms with E-state index in [4.69, 9.17) is 40.5 Å². The molecule has 1 aromatic heterocycles. The van der Waals surface area contributed by atoms with Gasteiger partial charge in [-0.3, -0.25) is 0 Å². The molecule has 2 aromatic rings. The number of halogens is 3. The Morgan fingerprint density at radius 3 is 2.22 bits per heavy atom. The average Bonchev–Trinajstić information content (AvgIpc) is 2.28. The van der Waals surface area contributed by atoms with E-state index in [0.717, 1.165) is 0 Å². The predicted octanol–water partition coefficient (Wildman–Crippen LogP) is 4.41. The molecule has 18 heavy (non-hydrogen) atoms. The molecule has 7 heteroatoms. The molecule has 0 bridgehead atoms. The minimum atomic E-state index is 0.293. The van der Waals surface area contributed by atoms with Gasteiger partial charge in [0.2, 0.25) is 0 Å². The van der Waals surface area contributed by atoms with Gasteiger partial charge in [-0.1, -0.05) is 40.9 Å². The highest BCUT2D eigenvalue weighted by molar-refractivity contribution is 7.98. The maximum Gasteiger partial charge on any atom is 0.166 e. The Hall–Kier alpha value is -0.680. The van der Waals surface area contributed by atoms with Crippen LogP contribution in [0.3, 0.4) is 0 Å². The second-order valence-electron chi connectivity index (χ2n) is 3.35. The number of nitrogens with two attached hydrogens (primary N) is 1. The van der Waals surface area contributed by atoms with Crippen LogP contribution in [-0.2, 0) is 0 Å². The van der Waals surface area contributed by atoms with Crippen LogP contribution in [0.2, 0.25) is 15.2 Å². The second kappa shape index (κ2) is 5.53. The first kappa shape index (κ1) is 13.7. The second-order valence-corrected chi connectivity index (χ2v) is 5.34. The van der Waals surface area contributed by atoms with Crippen LogP contribution in [0.1, 0.15) is 0 Å². The van der Waals surface area contributed by atoms with Gasteiger partial charge in [-0.05, 0) is 18.4 Å². The highest BCUT2D eigenvalue weighted by atomic mass is 35.5. The Morgan fingerprint density at radius 1 is 1.11 bits per heavy atom. The largest absolute Gasteiger partial charge is 0.383 e. The van der Waals surface area contributed by atoms with Crippen LogP contribution >= 0.6 is 46.6 Å². The molecule has 0 radical (unpaired) electrons. The third-order valence-electron chi connectivity index (χ3n) is 2.24. The highest BCUT2D eigenvalue weighted by Crippen LogP contribution is 2.36. The molecule has 0 atom stereocenters. The van der Waals surface area contributed by atoms with Crippen molar-refractivity contribution in [3.8, 4) is 11.4 Å². The summed E-state index contributed by atoms with van der Waals surface area (Å²) in [5.41, 5.74) is 6.36. The summed E-state index contributed by atoms with van der Waals surface area (Å²) in [6.45, 7) is 0. The summed E-state index contributed by atoms with van der Waals surface area (Å²) in [7, 11) is 0. The zero-order chi connectivity index (χ0) is 13.3. The number of nitrogen functional groups attached to an aromatic ring is 1. The summed E-state index contributed by atoms with van der Waals surface area (Å²) in [5.74, 6) is 0.638. The molecule has 2 N–H and O–H groups in total. The Labute approximate surface area is 124 Å². The summed E-state index contributed by atoms with van der Waals surface area (Å²) < 4.78 is 0. The molecule has 0 saturated heterocycles. The standard InChI is InChI=1S/C11H8Cl3N3S/c1-18-8-9(14)16-11(17-10(8)15)7-5(12)3-2-4-6(7)13/h2-4H,1H3,(H2,15,16,17). The summed E-state index contributed by atoms with van der Waals surface area (Å²) in [4.78, 5) is 9.01. The topological polar surface area (TPSA) is 51.8 Å². The Kier molecular flexibility index (Phi) is 4.22. The van der Waals surface area contributed by atoms with Crippen molar-refractivity contribution < 1.29 is 0 Å². The number of aromatic nitrogens is 2. The molecular weight excluding hydrogens is 313 g/mol. The van der Waals surface area contributed by atoms with Gasteiger partial charge in [0.05, 0.1) is 20.5 Å². The maximum absolute atomic E-state index is 6.09. The summed E-state index contributed by atoms with van der Waals surface area (Å²) >= 11 is 19.6. The molecule has 1 aromatic carbocycles. The van der Waals surface area contributed by atoms with Gasteiger partial charge >= 0.3 is 0 Å². The summed E-state index contributed by atoms with van der Waals surface area (Å²) in [5, 5.41) is 1.20. The molecule has 0 unspecified atom stereocenters. The number of nitrogens with zero attached hydrogens (tertiary/aromatic N) is 2. The lowest BCUT2D eigenvalue weighted by molar-refractivity contribution is 1.12. The number of thioether (sulfide) groups is 1. The van der Waals surface area contributed by atoms with E-state index in [-0.39, 0.29) is 0 Å². The smallest absolute Gasteiger partial charge is 0.166 e. The Balaban J connectivity index is 2.66. The molecule has 0 aliphatic carbocycles. The van der Waals surface area contributed by atoms with Crippen molar-refractivity contribution in [2.75, 3.05) is 12.0 Å². The van der Waals surface area contributed by atoms with Crippen molar-refractivity contribution in [3.05, 3.63) is 33.4 Å². The van der Waals surface area contributed by atoms with E-state index in [1.54, 1.807) is 18.2 Å².